The summed E-state index contributed by atoms with van der Waals surface area (Å²) < 4.78 is 52.2. The minimum absolute atomic E-state index is 0.300. The molecule has 1 N–H and O–H groups in total. The third kappa shape index (κ3) is 6.61. The van der Waals surface area contributed by atoms with Gasteiger partial charge < -0.3 is 24.1 Å². The lowest BCUT2D eigenvalue weighted by Gasteiger charge is -2.28. The number of esters is 1. The maximum absolute atomic E-state index is 16.3. The van der Waals surface area contributed by atoms with Gasteiger partial charge in [0, 0.05) is 55.6 Å². The summed E-state index contributed by atoms with van der Waals surface area (Å²) in [5.41, 5.74) is 2.77. The fourth-order valence-electron chi connectivity index (χ4n) is 7.10. The van der Waals surface area contributed by atoms with Gasteiger partial charge in [0.15, 0.2) is 0 Å². The van der Waals surface area contributed by atoms with Crippen LogP contribution < -0.4 is 14.8 Å². The Labute approximate surface area is 284 Å². The molecule has 2 aliphatic rings. The summed E-state index contributed by atoms with van der Waals surface area (Å²) in [6.07, 6.45) is 1.06. The summed E-state index contributed by atoms with van der Waals surface area (Å²) in [6, 6.07) is 13.5. The molecule has 1 saturated heterocycles. The molecular formula is C38H43F2N5O4. The number of benzene rings is 3. The third-order valence-corrected chi connectivity index (χ3v) is 9.22. The molecule has 9 nitrogen and oxygen atoms in total. The second-order valence-electron chi connectivity index (χ2n) is 13.8. The van der Waals surface area contributed by atoms with Crippen LogP contribution in [0.2, 0.25) is 0 Å². The van der Waals surface area contributed by atoms with Crippen LogP contribution in [0.4, 0.5) is 8.78 Å². The average molecular weight is 672 g/mol. The first-order valence-corrected chi connectivity index (χ1v) is 17.1. The lowest BCUT2D eigenvalue weighted by atomic mass is 9.99. The number of nitrogens with zero attached hydrogens (tertiary/aromatic N) is 4. The van der Waals surface area contributed by atoms with Crippen LogP contribution in [0.5, 0.6) is 11.6 Å². The van der Waals surface area contributed by atoms with Gasteiger partial charge in [-0.25, -0.2) is 18.3 Å². The van der Waals surface area contributed by atoms with Gasteiger partial charge in [0.05, 0.1) is 29.9 Å². The standard InChI is InChI=1S/C38H43F2N5O4/c1-24-32(36-45(42-24)20-22-48-36)33-30(40)13-12-29-28(8-6-21-47-31-9-5-7-25-23-26(39)10-11-27(25)31)35(37(46)49-38(2,3)4)44(34(29)33)19-18-43-16-14-41-15-17-43/h5,7,9-13,23,41H,6,8,14-22H2,1-4H3. The van der Waals surface area contributed by atoms with Crippen molar-refractivity contribution in [3.8, 4) is 22.8 Å². The monoisotopic (exact) mass is 671 g/mol. The van der Waals surface area contributed by atoms with Crippen molar-refractivity contribution in [1.29, 1.82) is 0 Å². The lowest BCUT2D eigenvalue weighted by Crippen LogP contribution is -2.44. The zero-order valence-corrected chi connectivity index (χ0v) is 28.6. The second kappa shape index (κ2) is 13.4. The van der Waals surface area contributed by atoms with Crippen LogP contribution >= 0.6 is 0 Å². The summed E-state index contributed by atoms with van der Waals surface area (Å²) in [5, 5.41) is 10.4. The van der Waals surface area contributed by atoms with E-state index >= 15 is 4.39 Å². The van der Waals surface area contributed by atoms with Gasteiger partial charge in [-0.3, -0.25) is 4.90 Å². The number of piperazine rings is 1. The molecule has 0 unspecified atom stereocenters. The molecule has 258 valence electrons. The smallest absolute Gasteiger partial charge is 0.355 e. The van der Waals surface area contributed by atoms with E-state index < -0.39 is 17.4 Å². The highest BCUT2D eigenvalue weighted by atomic mass is 19.1. The van der Waals surface area contributed by atoms with E-state index in [1.807, 2.05) is 50.5 Å². The number of nitrogens with one attached hydrogen (secondary N) is 1. The summed E-state index contributed by atoms with van der Waals surface area (Å²) in [5.74, 6) is 0.0587. The number of rotatable bonds is 10. The summed E-state index contributed by atoms with van der Waals surface area (Å²) >= 11 is 0. The minimum atomic E-state index is -0.739. The molecule has 0 radical (unpaired) electrons. The highest BCUT2D eigenvalue weighted by Gasteiger charge is 2.33. The van der Waals surface area contributed by atoms with Crippen molar-refractivity contribution in [2.45, 2.75) is 59.2 Å². The van der Waals surface area contributed by atoms with Gasteiger partial charge in [0.1, 0.15) is 35.3 Å². The van der Waals surface area contributed by atoms with Crippen molar-refractivity contribution in [3.05, 3.63) is 77.1 Å². The van der Waals surface area contributed by atoms with Crippen molar-refractivity contribution in [3.63, 3.8) is 0 Å². The predicted molar refractivity (Wildman–Crippen MR) is 186 cm³/mol. The molecule has 49 heavy (non-hydrogen) atoms. The number of hydrogen-bond donors (Lipinski definition) is 1. The molecular weight excluding hydrogens is 628 g/mol. The Morgan fingerprint density at radius 2 is 1.80 bits per heavy atom. The Kier molecular flexibility index (Phi) is 9.06. The van der Waals surface area contributed by atoms with E-state index in [0.29, 0.717) is 85.4 Å². The molecule has 5 aromatic rings. The normalized spacial score (nSPS) is 15.1. The average Bonchev–Trinajstić information content (AvgIpc) is 3.73. The SMILES string of the molecule is Cc1nn2c(c1-c1c(F)ccc3c(CCCOc4cccc5cc(F)ccc45)c(C(=O)OC(C)(C)C)n(CCN4CCNCC4)c13)OCC2. The van der Waals surface area contributed by atoms with E-state index in [1.165, 1.54) is 18.2 Å². The van der Waals surface area contributed by atoms with Crippen molar-refractivity contribution in [2.24, 2.45) is 0 Å². The van der Waals surface area contributed by atoms with Crippen LogP contribution in [0.15, 0.2) is 48.5 Å². The largest absolute Gasteiger partial charge is 0.493 e. The Hall–Kier alpha value is -4.48. The summed E-state index contributed by atoms with van der Waals surface area (Å²) in [7, 11) is 0. The zero-order chi connectivity index (χ0) is 34.3. The maximum atomic E-state index is 16.3. The Balaban J connectivity index is 1.32. The molecule has 0 spiro atoms. The zero-order valence-electron chi connectivity index (χ0n) is 28.6. The molecule has 2 aromatic heterocycles. The van der Waals surface area contributed by atoms with Gasteiger partial charge in [-0.1, -0.05) is 12.1 Å². The molecule has 0 bridgehead atoms. The molecule has 2 aliphatic heterocycles. The fourth-order valence-corrected chi connectivity index (χ4v) is 7.10. The number of fused-ring (bicyclic) bond motifs is 3. The van der Waals surface area contributed by atoms with Gasteiger partial charge in [-0.2, -0.15) is 5.10 Å². The van der Waals surface area contributed by atoms with Crippen molar-refractivity contribution < 1.29 is 27.8 Å². The second-order valence-corrected chi connectivity index (χ2v) is 13.8. The molecule has 3 aromatic carbocycles. The summed E-state index contributed by atoms with van der Waals surface area (Å²) in [6.45, 7) is 13.5. The quantitative estimate of drug-likeness (QED) is 0.134. The van der Waals surface area contributed by atoms with Gasteiger partial charge in [-0.15, -0.1) is 0 Å². The van der Waals surface area contributed by atoms with Gasteiger partial charge in [0.25, 0.3) is 0 Å². The van der Waals surface area contributed by atoms with E-state index in [-0.39, 0.29) is 5.82 Å². The number of carbonyl (C=O) groups is 1. The van der Waals surface area contributed by atoms with Gasteiger partial charge >= 0.3 is 5.97 Å². The first kappa shape index (κ1) is 33.0. The third-order valence-electron chi connectivity index (χ3n) is 9.22. The number of ether oxygens (including phenoxy) is 3. The van der Waals surface area contributed by atoms with Crippen LogP contribution in [0, 0.1) is 18.6 Å². The number of aromatic nitrogens is 3. The number of aryl methyl sites for hydroxylation is 2. The molecule has 0 saturated carbocycles. The fraction of sp³-hybridized carbons (Fsp3) is 0.421. The van der Waals surface area contributed by atoms with Crippen LogP contribution in [0.1, 0.15) is 48.9 Å². The molecule has 4 heterocycles. The first-order valence-electron chi connectivity index (χ1n) is 17.1. The Morgan fingerprint density at radius 1 is 1.00 bits per heavy atom. The van der Waals surface area contributed by atoms with E-state index in [9.17, 15) is 9.18 Å². The number of halogens is 2. The highest BCUT2D eigenvalue weighted by Crippen LogP contribution is 2.43. The summed E-state index contributed by atoms with van der Waals surface area (Å²) in [4.78, 5) is 16.6. The van der Waals surface area contributed by atoms with E-state index in [1.54, 1.807) is 16.8 Å². The van der Waals surface area contributed by atoms with E-state index in [4.69, 9.17) is 14.2 Å². The molecule has 0 aliphatic carbocycles. The van der Waals surface area contributed by atoms with E-state index in [2.05, 4.69) is 15.3 Å². The topological polar surface area (TPSA) is 82.8 Å². The molecule has 0 amide bonds. The van der Waals surface area contributed by atoms with Crippen LogP contribution in [-0.2, 0) is 24.2 Å². The van der Waals surface area contributed by atoms with Crippen molar-refractivity contribution in [2.75, 3.05) is 45.9 Å². The first-order chi connectivity index (χ1) is 23.6. The van der Waals surface area contributed by atoms with Crippen LogP contribution in [0.3, 0.4) is 0 Å². The molecule has 7 rings (SSSR count). The van der Waals surface area contributed by atoms with Gasteiger partial charge in [0.2, 0.25) is 5.88 Å². The molecule has 0 atom stereocenters. The molecule has 11 heteroatoms. The number of hydrogen-bond acceptors (Lipinski definition) is 7. The van der Waals surface area contributed by atoms with Crippen molar-refractivity contribution in [1.82, 2.24) is 24.6 Å². The Morgan fingerprint density at radius 3 is 2.59 bits per heavy atom. The van der Waals surface area contributed by atoms with E-state index in [0.717, 1.165) is 47.9 Å². The van der Waals surface area contributed by atoms with Crippen LogP contribution in [0.25, 0.3) is 32.8 Å². The van der Waals surface area contributed by atoms with Crippen molar-refractivity contribution >= 4 is 27.6 Å². The van der Waals surface area contributed by atoms with Gasteiger partial charge in [-0.05, 0) is 87.9 Å². The highest BCUT2D eigenvalue weighted by molar-refractivity contribution is 6.05. The number of carbonyl (C=O) groups excluding carboxylic acids is 1. The maximum Gasteiger partial charge on any atom is 0.355 e. The minimum Gasteiger partial charge on any atom is -0.493 e. The lowest BCUT2D eigenvalue weighted by molar-refractivity contribution is 0.00561. The molecule has 1 fully saturated rings. The Bertz CT molecular complexity index is 2020. The predicted octanol–water partition coefficient (Wildman–Crippen LogP) is 6.51. The van der Waals surface area contributed by atoms with Crippen LogP contribution in [-0.4, -0.2) is 76.8 Å².